The smallest absolute Gasteiger partial charge is 0.236 e. The van der Waals surface area contributed by atoms with Gasteiger partial charge in [-0.2, -0.15) is 0 Å². The van der Waals surface area contributed by atoms with Gasteiger partial charge in [0.05, 0.1) is 11.5 Å². The van der Waals surface area contributed by atoms with Gasteiger partial charge in [-0.25, -0.2) is 8.42 Å². The van der Waals surface area contributed by atoms with Crippen molar-refractivity contribution in [1.82, 2.24) is 4.90 Å². The molecule has 0 aromatic heterocycles. The Hall–Kier alpha value is -1.31. The van der Waals surface area contributed by atoms with Gasteiger partial charge in [-0.15, -0.1) is 0 Å². The predicted molar refractivity (Wildman–Crippen MR) is 67.0 cm³/mol. The molecule has 1 aliphatic heterocycles. The normalized spacial score (nSPS) is 24.9. The van der Waals surface area contributed by atoms with E-state index < -0.39 is 21.3 Å². The van der Waals surface area contributed by atoms with Crippen LogP contribution >= 0.6 is 0 Å². The number of amides is 1. The van der Waals surface area contributed by atoms with Crippen molar-refractivity contribution in [3.8, 4) is 0 Å². The van der Waals surface area contributed by atoms with E-state index in [9.17, 15) is 13.2 Å². The minimum absolute atomic E-state index is 0.0463. The van der Waals surface area contributed by atoms with E-state index in [1.54, 1.807) is 20.8 Å². The molecule has 1 saturated heterocycles. The van der Waals surface area contributed by atoms with Crippen LogP contribution in [0.1, 0.15) is 20.8 Å². The van der Waals surface area contributed by atoms with Gasteiger partial charge in [-0.05, 0) is 20.8 Å². The molecule has 1 rings (SSSR count). The fourth-order valence-corrected chi connectivity index (χ4v) is 3.45. The van der Waals surface area contributed by atoms with Crippen LogP contribution in [0.2, 0.25) is 0 Å². The molecule has 1 amide bonds. The predicted octanol–water partition coefficient (Wildman–Crippen LogP) is -0.595. The molecule has 104 valence electrons. The SMILES string of the molecule is CC1CS(=O)(=O)CCN1C(=O)C(C)(C)C(N)=NO. The van der Waals surface area contributed by atoms with Gasteiger partial charge in [0.15, 0.2) is 15.7 Å². The van der Waals surface area contributed by atoms with E-state index in [0.717, 1.165) is 0 Å². The molecular weight excluding hydrogens is 258 g/mol. The van der Waals surface area contributed by atoms with Crippen LogP contribution in [-0.4, -0.2) is 54.4 Å². The quantitative estimate of drug-likeness (QED) is 0.303. The van der Waals surface area contributed by atoms with Gasteiger partial charge in [-0.3, -0.25) is 4.79 Å². The van der Waals surface area contributed by atoms with E-state index in [-0.39, 0.29) is 29.8 Å². The van der Waals surface area contributed by atoms with Crippen LogP contribution < -0.4 is 5.73 Å². The first-order chi connectivity index (χ1) is 8.12. The van der Waals surface area contributed by atoms with Crippen LogP contribution in [0.15, 0.2) is 5.16 Å². The Kier molecular flexibility index (Phi) is 3.89. The minimum atomic E-state index is -3.07. The number of rotatable bonds is 2. The average Bonchev–Trinajstić information content (AvgIpc) is 2.25. The molecule has 7 nitrogen and oxygen atoms in total. The summed E-state index contributed by atoms with van der Waals surface area (Å²) in [6.45, 7) is 4.90. The van der Waals surface area contributed by atoms with Crippen LogP contribution in [0.3, 0.4) is 0 Å². The molecule has 18 heavy (non-hydrogen) atoms. The molecule has 0 saturated carbocycles. The molecule has 8 heteroatoms. The Bertz CT molecular complexity index is 470. The summed E-state index contributed by atoms with van der Waals surface area (Å²) in [5.41, 5.74) is 4.34. The summed E-state index contributed by atoms with van der Waals surface area (Å²) in [4.78, 5) is 13.8. The number of nitrogens with two attached hydrogens (primary N) is 1. The van der Waals surface area contributed by atoms with Crippen molar-refractivity contribution < 1.29 is 18.4 Å². The number of carbonyl (C=O) groups excluding carboxylic acids is 1. The lowest BCUT2D eigenvalue weighted by atomic mass is 9.89. The zero-order valence-electron chi connectivity index (χ0n) is 10.8. The first-order valence-electron chi connectivity index (χ1n) is 5.61. The number of hydrogen-bond donors (Lipinski definition) is 2. The highest BCUT2D eigenvalue weighted by Crippen LogP contribution is 2.23. The van der Waals surface area contributed by atoms with Crippen LogP contribution in [0.5, 0.6) is 0 Å². The van der Waals surface area contributed by atoms with Gasteiger partial charge in [0.25, 0.3) is 0 Å². The summed E-state index contributed by atoms with van der Waals surface area (Å²) >= 11 is 0. The van der Waals surface area contributed by atoms with Gasteiger partial charge in [0.1, 0.15) is 5.41 Å². The molecular formula is C10H19N3O4S. The molecule has 3 N–H and O–H groups in total. The van der Waals surface area contributed by atoms with E-state index in [1.165, 1.54) is 4.90 Å². The second-order valence-corrected chi connectivity index (χ2v) is 7.30. The summed E-state index contributed by atoms with van der Waals surface area (Å²) in [6, 6.07) is -0.401. The highest BCUT2D eigenvalue weighted by Gasteiger charge is 2.41. The Balaban J connectivity index is 2.93. The lowest BCUT2D eigenvalue weighted by Gasteiger charge is -2.37. The van der Waals surface area contributed by atoms with E-state index in [1.807, 2.05) is 0 Å². The molecule has 1 fully saturated rings. The summed E-state index contributed by atoms with van der Waals surface area (Å²) in [5.74, 6) is -0.617. The van der Waals surface area contributed by atoms with E-state index in [4.69, 9.17) is 10.9 Å². The fourth-order valence-electron chi connectivity index (χ4n) is 1.89. The molecule has 1 unspecified atom stereocenters. The van der Waals surface area contributed by atoms with Crippen molar-refractivity contribution in [3.05, 3.63) is 0 Å². The Morgan fingerprint density at radius 2 is 2.06 bits per heavy atom. The lowest BCUT2D eigenvalue weighted by molar-refractivity contribution is -0.138. The highest BCUT2D eigenvalue weighted by molar-refractivity contribution is 7.91. The van der Waals surface area contributed by atoms with Crippen LogP contribution in [0.4, 0.5) is 0 Å². The number of hydrogen-bond acceptors (Lipinski definition) is 5. The fraction of sp³-hybridized carbons (Fsp3) is 0.800. The number of sulfone groups is 1. The first-order valence-corrected chi connectivity index (χ1v) is 7.43. The molecule has 0 aliphatic carbocycles. The lowest BCUT2D eigenvalue weighted by Crippen LogP contribution is -2.56. The van der Waals surface area contributed by atoms with Crippen molar-refractivity contribution >= 4 is 21.6 Å². The third kappa shape index (κ3) is 2.74. The van der Waals surface area contributed by atoms with E-state index in [0.29, 0.717) is 0 Å². The van der Waals surface area contributed by atoms with E-state index in [2.05, 4.69) is 5.16 Å². The standard InChI is InChI=1S/C10H19N3O4S/c1-7-6-18(16,17)5-4-13(7)9(14)10(2,3)8(11)12-15/h7,15H,4-6H2,1-3H3,(H2,11,12). The largest absolute Gasteiger partial charge is 0.409 e. The molecule has 1 heterocycles. The maximum atomic E-state index is 12.3. The molecule has 1 aliphatic rings. The molecule has 0 radical (unpaired) electrons. The molecule has 0 spiro atoms. The van der Waals surface area contributed by atoms with Crippen LogP contribution in [-0.2, 0) is 14.6 Å². The van der Waals surface area contributed by atoms with Crippen molar-refractivity contribution in [1.29, 1.82) is 0 Å². The van der Waals surface area contributed by atoms with Gasteiger partial charge >= 0.3 is 0 Å². The van der Waals surface area contributed by atoms with Crippen molar-refractivity contribution in [2.24, 2.45) is 16.3 Å². The van der Waals surface area contributed by atoms with Gasteiger partial charge < -0.3 is 15.8 Å². The van der Waals surface area contributed by atoms with Gasteiger partial charge in [0, 0.05) is 12.6 Å². The highest BCUT2D eigenvalue weighted by atomic mass is 32.2. The maximum absolute atomic E-state index is 12.3. The number of oxime groups is 1. The second kappa shape index (κ2) is 4.75. The summed E-state index contributed by atoms with van der Waals surface area (Å²) < 4.78 is 22.9. The Morgan fingerprint density at radius 3 is 2.50 bits per heavy atom. The summed E-state index contributed by atoms with van der Waals surface area (Å²) in [7, 11) is -3.07. The van der Waals surface area contributed by atoms with Crippen molar-refractivity contribution in [2.45, 2.75) is 26.8 Å². The van der Waals surface area contributed by atoms with E-state index >= 15 is 0 Å². The zero-order chi connectivity index (χ0) is 14.1. The molecule has 0 aromatic carbocycles. The molecule has 1 atom stereocenters. The Labute approximate surface area is 107 Å². The summed E-state index contributed by atoms with van der Waals surface area (Å²) in [6.07, 6.45) is 0. The molecule has 0 aromatic rings. The number of carbonyl (C=O) groups is 1. The minimum Gasteiger partial charge on any atom is -0.409 e. The van der Waals surface area contributed by atoms with Crippen LogP contribution in [0, 0.1) is 5.41 Å². The van der Waals surface area contributed by atoms with Crippen LogP contribution in [0.25, 0.3) is 0 Å². The third-order valence-electron chi connectivity index (χ3n) is 3.21. The average molecular weight is 277 g/mol. The topological polar surface area (TPSA) is 113 Å². The third-order valence-corrected chi connectivity index (χ3v) is 5.01. The first kappa shape index (κ1) is 14.7. The van der Waals surface area contributed by atoms with Crippen molar-refractivity contribution in [3.63, 3.8) is 0 Å². The van der Waals surface area contributed by atoms with Gasteiger partial charge in [0.2, 0.25) is 5.91 Å². The monoisotopic (exact) mass is 277 g/mol. The number of amidine groups is 1. The second-order valence-electron chi connectivity index (χ2n) is 5.07. The van der Waals surface area contributed by atoms with Crippen molar-refractivity contribution in [2.75, 3.05) is 18.1 Å². The zero-order valence-corrected chi connectivity index (χ0v) is 11.6. The van der Waals surface area contributed by atoms with Gasteiger partial charge in [-0.1, -0.05) is 5.16 Å². The summed E-state index contributed by atoms with van der Waals surface area (Å²) in [5, 5.41) is 11.5. The number of nitrogens with zero attached hydrogens (tertiary/aromatic N) is 2. The Morgan fingerprint density at radius 1 is 1.50 bits per heavy atom. The maximum Gasteiger partial charge on any atom is 0.236 e. The molecule has 0 bridgehead atoms.